The van der Waals surface area contributed by atoms with Crippen LogP contribution in [0.1, 0.15) is 11.1 Å². The van der Waals surface area contributed by atoms with Crippen LogP contribution < -0.4 is 9.47 Å². The lowest BCUT2D eigenvalue weighted by Gasteiger charge is -2.07. The fourth-order valence-electron chi connectivity index (χ4n) is 2.50. The third kappa shape index (κ3) is 6.11. The first-order valence-corrected chi connectivity index (χ1v) is 9.36. The third-order valence-electron chi connectivity index (χ3n) is 3.83. The summed E-state index contributed by atoms with van der Waals surface area (Å²) in [6.45, 7) is -0.242. The lowest BCUT2D eigenvalue weighted by molar-refractivity contribution is -0.136. The first kappa shape index (κ1) is 20.5. The molecule has 0 fully saturated rings. The second-order valence-corrected chi connectivity index (χ2v) is 6.84. The number of esters is 1. The van der Waals surface area contributed by atoms with Crippen molar-refractivity contribution in [2.75, 3.05) is 6.61 Å². The molecule has 0 bridgehead atoms. The molecule has 29 heavy (non-hydrogen) atoms. The Morgan fingerprint density at radius 3 is 2.41 bits per heavy atom. The van der Waals surface area contributed by atoms with Gasteiger partial charge in [-0.15, -0.1) is 0 Å². The van der Waals surface area contributed by atoms with Crippen molar-refractivity contribution >= 4 is 40.8 Å². The van der Waals surface area contributed by atoms with Crippen LogP contribution in [0.2, 0.25) is 10.0 Å². The number of hydrogen-bond donors (Lipinski definition) is 0. The number of rotatable bonds is 6. The van der Waals surface area contributed by atoms with Gasteiger partial charge in [0.05, 0.1) is 11.6 Å². The predicted molar refractivity (Wildman–Crippen MR) is 114 cm³/mol. The van der Waals surface area contributed by atoms with Gasteiger partial charge in [-0.1, -0.05) is 47.5 Å². The summed E-state index contributed by atoms with van der Waals surface area (Å²) in [6.07, 6.45) is 1.70. The van der Waals surface area contributed by atoms with E-state index in [-0.39, 0.29) is 6.61 Å². The highest BCUT2D eigenvalue weighted by Gasteiger charge is 2.08. The molecule has 0 aliphatic rings. The van der Waals surface area contributed by atoms with Crippen LogP contribution >= 0.6 is 23.2 Å². The predicted octanol–water partition coefficient (Wildman–Crippen LogP) is 6.04. The van der Waals surface area contributed by atoms with Gasteiger partial charge >= 0.3 is 5.97 Å². The molecule has 0 heterocycles. The second kappa shape index (κ2) is 9.79. The van der Waals surface area contributed by atoms with Crippen LogP contribution in [0.4, 0.5) is 0 Å². The van der Waals surface area contributed by atoms with E-state index in [0.29, 0.717) is 38.2 Å². The molecular weight excluding hydrogens is 409 g/mol. The molecule has 4 nitrogen and oxygen atoms in total. The monoisotopic (exact) mass is 423 g/mol. The molecule has 0 aromatic heterocycles. The van der Waals surface area contributed by atoms with Gasteiger partial charge in [0.1, 0.15) is 11.5 Å². The van der Waals surface area contributed by atoms with Gasteiger partial charge in [-0.05, 0) is 65.7 Å². The Bertz CT molecular complexity index is 1090. The summed E-state index contributed by atoms with van der Waals surface area (Å²) >= 11 is 11.8. The summed E-state index contributed by atoms with van der Waals surface area (Å²) in [6, 6.07) is 22.8. The van der Waals surface area contributed by atoms with Crippen LogP contribution in [0.25, 0.3) is 11.6 Å². The number of carbonyl (C=O) groups excluding carboxylic acids is 1. The topological polar surface area (TPSA) is 59.3 Å². The average molecular weight is 424 g/mol. The number of hydrogen-bond acceptors (Lipinski definition) is 4. The van der Waals surface area contributed by atoms with E-state index in [1.165, 1.54) is 0 Å². The van der Waals surface area contributed by atoms with Crippen LogP contribution in [-0.2, 0) is 4.79 Å². The summed E-state index contributed by atoms with van der Waals surface area (Å²) in [5.41, 5.74) is 1.87. The Labute approximate surface area is 178 Å². The molecule has 0 amide bonds. The minimum absolute atomic E-state index is 0.242. The van der Waals surface area contributed by atoms with Gasteiger partial charge in [0, 0.05) is 10.0 Å². The molecule has 0 aliphatic heterocycles. The molecule has 3 rings (SSSR count). The summed E-state index contributed by atoms with van der Waals surface area (Å²) in [5, 5.41) is 10.6. The molecule has 0 saturated carbocycles. The lowest BCUT2D eigenvalue weighted by Crippen LogP contribution is -2.17. The van der Waals surface area contributed by atoms with E-state index >= 15 is 0 Å². The number of nitrogens with zero attached hydrogens (tertiary/aromatic N) is 1. The largest absolute Gasteiger partial charge is 0.482 e. The van der Waals surface area contributed by atoms with Gasteiger partial charge in [-0.2, -0.15) is 5.26 Å². The highest BCUT2D eigenvalue weighted by Crippen LogP contribution is 2.23. The first-order valence-electron chi connectivity index (χ1n) is 8.60. The van der Waals surface area contributed by atoms with Crippen molar-refractivity contribution in [3.05, 3.63) is 94.0 Å². The highest BCUT2D eigenvalue weighted by atomic mass is 35.5. The number of halogens is 2. The van der Waals surface area contributed by atoms with Crippen LogP contribution in [0, 0.1) is 11.3 Å². The zero-order chi connectivity index (χ0) is 20.6. The number of nitriles is 1. The standard InChI is InChI=1S/C23H15Cl2NO3/c24-19-7-9-21(10-8-19)28-15-23(27)29-22-6-1-3-16(12-22)11-18(14-26)17-4-2-5-20(25)13-17/h1-13H,15H2/b18-11-. The quantitative estimate of drug-likeness (QED) is 0.209. The van der Waals surface area contributed by atoms with Gasteiger partial charge in [-0.25, -0.2) is 4.79 Å². The molecular formula is C23H15Cl2NO3. The maximum absolute atomic E-state index is 12.0. The summed E-state index contributed by atoms with van der Waals surface area (Å²) in [7, 11) is 0. The molecule has 0 aliphatic carbocycles. The van der Waals surface area contributed by atoms with Crippen molar-refractivity contribution in [3.63, 3.8) is 0 Å². The number of allylic oxidation sites excluding steroid dienone is 1. The molecule has 6 heteroatoms. The van der Waals surface area contributed by atoms with Crippen LogP contribution in [0.5, 0.6) is 11.5 Å². The average Bonchev–Trinajstić information content (AvgIpc) is 2.72. The van der Waals surface area contributed by atoms with Gasteiger partial charge in [0.2, 0.25) is 0 Å². The Morgan fingerprint density at radius 1 is 0.931 bits per heavy atom. The zero-order valence-corrected chi connectivity index (χ0v) is 16.7. The van der Waals surface area contributed by atoms with E-state index in [2.05, 4.69) is 6.07 Å². The molecule has 0 atom stereocenters. The van der Waals surface area contributed by atoms with Crippen molar-refractivity contribution in [1.29, 1.82) is 5.26 Å². The van der Waals surface area contributed by atoms with Gasteiger partial charge in [-0.3, -0.25) is 0 Å². The minimum atomic E-state index is -0.545. The maximum Gasteiger partial charge on any atom is 0.349 e. The van der Waals surface area contributed by atoms with Crippen LogP contribution in [0.15, 0.2) is 72.8 Å². The fourth-order valence-corrected chi connectivity index (χ4v) is 2.82. The molecule has 0 spiro atoms. The molecule has 0 saturated heterocycles. The molecule has 3 aromatic carbocycles. The van der Waals surface area contributed by atoms with Crippen LogP contribution in [-0.4, -0.2) is 12.6 Å². The number of ether oxygens (including phenoxy) is 2. The summed E-state index contributed by atoms with van der Waals surface area (Å²) in [5.74, 6) is 0.325. The molecule has 144 valence electrons. The van der Waals surface area contributed by atoms with Gasteiger partial charge < -0.3 is 9.47 Å². The zero-order valence-electron chi connectivity index (χ0n) is 15.1. The number of benzene rings is 3. The normalized spacial score (nSPS) is 10.9. The minimum Gasteiger partial charge on any atom is -0.482 e. The number of carbonyl (C=O) groups is 1. The summed E-state index contributed by atoms with van der Waals surface area (Å²) < 4.78 is 10.7. The van der Waals surface area contributed by atoms with Gasteiger partial charge in [0.25, 0.3) is 0 Å². The maximum atomic E-state index is 12.0. The van der Waals surface area contributed by atoms with Crippen molar-refractivity contribution in [2.24, 2.45) is 0 Å². The molecule has 3 aromatic rings. The Morgan fingerprint density at radius 2 is 1.69 bits per heavy atom. The lowest BCUT2D eigenvalue weighted by atomic mass is 10.0. The van der Waals surface area contributed by atoms with Crippen molar-refractivity contribution in [1.82, 2.24) is 0 Å². The Kier molecular flexibility index (Phi) is 6.91. The van der Waals surface area contributed by atoms with E-state index in [4.69, 9.17) is 32.7 Å². The Balaban J connectivity index is 1.67. The molecule has 0 N–H and O–H groups in total. The van der Waals surface area contributed by atoms with E-state index in [0.717, 1.165) is 0 Å². The fraction of sp³-hybridized carbons (Fsp3) is 0.0435. The molecule has 0 unspecified atom stereocenters. The first-order chi connectivity index (χ1) is 14.0. The van der Waals surface area contributed by atoms with Crippen LogP contribution in [0.3, 0.4) is 0 Å². The smallest absolute Gasteiger partial charge is 0.349 e. The second-order valence-electron chi connectivity index (χ2n) is 5.97. The van der Waals surface area contributed by atoms with E-state index in [1.54, 1.807) is 72.8 Å². The van der Waals surface area contributed by atoms with Crippen molar-refractivity contribution in [3.8, 4) is 17.6 Å². The van der Waals surface area contributed by atoms with E-state index in [1.807, 2.05) is 6.07 Å². The molecule has 0 radical (unpaired) electrons. The van der Waals surface area contributed by atoms with E-state index < -0.39 is 5.97 Å². The highest BCUT2D eigenvalue weighted by molar-refractivity contribution is 6.31. The Hall–Kier alpha value is -3.26. The summed E-state index contributed by atoms with van der Waals surface area (Å²) in [4.78, 5) is 12.0. The third-order valence-corrected chi connectivity index (χ3v) is 4.31. The van der Waals surface area contributed by atoms with Gasteiger partial charge in [0.15, 0.2) is 6.61 Å². The van der Waals surface area contributed by atoms with Crippen molar-refractivity contribution < 1.29 is 14.3 Å². The van der Waals surface area contributed by atoms with E-state index in [9.17, 15) is 10.1 Å². The SMILES string of the molecule is N#C/C(=C/c1cccc(OC(=O)COc2ccc(Cl)cc2)c1)c1cccc(Cl)c1. The van der Waals surface area contributed by atoms with Crippen molar-refractivity contribution in [2.45, 2.75) is 0 Å².